The van der Waals surface area contributed by atoms with E-state index in [9.17, 15) is 15.0 Å². The van der Waals surface area contributed by atoms with Crippen molar-refractivity contribution in [2.75, 3.05) is 0 Å². The van der Waals surface area contributed by atoms with Gasteiger partial charge in [0.15, 0.2) is 0 Å². The molecule has 1 aliphatic rings. The van der Waals surface area contributed by atoms with E-state index in [-0.39, 0.29) is 5.41 Å². The lowest BCUT2D eigenvalue weighted by atomic mass is 9.58. The van der Waals surface area contributed by atoms with Crippen molar-refractivity contribution in [3.05, 3.63) is 0 Å². The minimum atomic E-state index is -1.03. The molecule has 3 heteroatoms. The molecule has 1 rings (SSSR count). The highest BCUT2D eigenvalue weighted by Crippen LogP contribution is 2.51. The molecule has 0 aliphatic heterocycles. The first kappa shape index (κ1) is 14.5. The number of carboxylic acids is 1. The predicted octanol–water partition coefficient (Wildman–Crippen LogP) is 3.21. The summed E-state index contributed by atoms with van der Waals surface area (Å²) in [4.78, 5) is 11.6. The molecule has 0 unspecified atom stereocenters. The van der Waals surface area contributed by atoms with Crippen molar-refractivity contribution in [1.82, 2.24) is 0 Å². The van der Waals surface area contributed by atoms with Crippen LogP contribution in [0.25, 0.3) is 0 Å². The molecule has 0 heterocycles. The van der Waals surface area contributed by atoms with Crippen LogP contribution in [0.3, 0.4) is 0 Å². The number of aliphatic carboxylic acids is 1. The molecule has 1 saturated carbocycles. The molecule has 0 atom stereocenters. The molecule has 0 aromatic heterocycles. The van der Waals surface area contributed by atoms with Gasteiger partial charge in [0.25, 0.3) is 0 Å². The molecule has 0 amide bonds. The fourth-order valence-electron chi connectivity index (χ4n) is 3.23. The van der Waals surface area contributed by atoms with Gasteiger partial charge in [-0.05, 0) is 43.9 Å². The van der Waals surface area contributed by atoms with E-state index in [1.807, 2.05) is 13.8 Å². The topological polar surface area (TPSA) is 57.5 Å². The van der Waals surface area contributed by atoms with Gasteiger partial charge in [-0.3, -0.25) is 4.79 Å². The Balaban J connectivity index is 3.00. The molecule has 1 aliphatic carbocycles. The fourth-order valence-corrected chi connectivity index (χ4v) is 3.23. The molecule has 0 bridgehead atoms. The maximum absolute atomic E-state index is 11.6. The SMILES string of the molecule is CCC(CC)(C(=O)O)C1(O)CCC(C)(C)CC1. The highest BCUT2D eigenvalue weighted by molar-refractivity contribution is 5.76. The minimum Gasteiger partial charge on any atom is -0.481 e. The summed E-state index contributed by atoms with van der Waals surface area (Å²) in [6, 6.07) is 0. The Morgan fingerprint density at radius 2 is 1.53 bits per heavy atom. The molecule has 0 radical (unpaired) electrons. The van der Waals surface area contributed by atoms with Crippen LogP contribution >= 0.6 is 0 Å². The van der Waals surface area contributed by atoms with Crippen LogP contribution in [-0.2, 0) is 4.79 Å². The number of carboxylic acid groups (broad SMARTS) is 1. The van der Waals surface area contributed by atoms with Crippen molar-refractivity contribution in [2.45, 2.75) is 71.8 Å². The van der Waals surface area contributed by atoms with Gasteiger partial charge in [0.2, 0.25) is 0 Å². The van der Waals surface area contributed by atoms with Gasteiger partial charge in [0.05, 0.1) is 11.0 Å². The minimum absolute atomic E-state index is 0.234. The van der Waals surface area contributed by atoms with E-state index in [1.165, 1.54) is 0 Å². The van der Waals surface area contributed by atoms with E-state index in [1.54, 1.807) is 0 Å². The van der Waals surface area contributed by atoms with Crippen molar-refractivity contribution < 1.29 is 15.0 Å². The molecule has 100 valence electrons. The Morgan fingerprint density at radius 3 is 1.82 bits per heavy atom. The van der Waals surface area contributed by atoms with Crippen molar-refractivity contribution in [2.24, 2.45) is 10.8 Å². The number of aliphatic hydroxyl groups is 1. The van der Waals surface area contributed by atoms with Crippen molar-refractivity contribution >= 4 is 5.97 Å². The monoisotopic (exact) mass is 242 g/mol. The first-order valence-corrected chi connectivity index (χ1v) is 6.69. The molecule has 17 heavy (non-hydrogen) atoms. The van der Waals surface area contributed by atoms with Crippen LogP contribution in [0.2, 0.25) is 0 Å². The van der Waals surface area contributed by atoms with Gasteiger partial charge >= 0.3 is 5.97 Å². The number of hydrogen-bond donors (Lipinski definition) is 2. The maximum atomic E-state index is 11.6. The second-order valence-electron chi connectivity index (χ2n) is 6.29. The quantitative estimate of drug-likeness (QED) is 0.796. The van der Waals surface area contributed by atoms with Crippen LogP contribution in [0.1, 0.15) is 66.2 Å². The van der Waals surface area contributed by atoms with Gasteiger partial charge in [0, 0.05) is 0 Å². The first-order chi connectivity index (χ1) is 7.73. The lowest BCUT2D eigenvalue weighted by Crippen LogP contribution is -2.55. The van der Waals surface area contributed by atoms with Gasteiger partial charge in [-0.25, -0.2) is 0 Å². The average molecular weight is 242 g/mol. The summed E-state index contributed by atoms with van der Waals surface area (Å²) in [7, 11) is 0. The molecule has 0 aromatic rings. The van der Waals surface area contributed by atoms with Gasteiger partial charge in [-0.2, -0.15) is 0 Å². The van der Waals surface area contributed by atoms with E-state index in [0.29, 0.717) is 25.7 Å². The van der Waals surface area contributed by atoms with Crippen LogP contribution in [0.4, 0.5) is 0 Å². The number of carbonyl (C=O) groups is 1. The Hall–Kier alpha value is -0.570. The number of rotatable bonds is 4. The van der Waals surface area contributed by atoms with Crippen molar-refractivity contribution in [1.29, 1.82) is 0 Å². The molecule has 1 fully saturated rings. The molecule has 0 spiro atoms. The maximum Gasteiger partial charge on any atom is 0.312 e. The third kappa shape index (κ3) is 2.35. The van der Waals surface area contributed by atoms with E-state index in [0.717, 1.165) is 12.8 Å². The molecular weight excluding hydrogens is 216 g/mol. The third-order valence-electron chi connectivity index (χ3n) is 4.94. The second kappa shape index (κ2) is 4.60. The largest absolute Gasteiger partial charge is 0.481 e. The predicted molar refractivity (Wildman–Crippen MR) is 67.8 cm³/mol. The van der Waals surface area contributed by atoms with Gasteiger partial charge in [-0.15, -0.1) is 0 Å². The summed E-state index contributed by atoms with van der Waals surface area (Å²) in [6.45, 7) is 8.12. The first-order valence-electron chi connectivity index (χ1n) is 6.69. The summed E-state index contributed by atoms with van der Waals surface area (Å²) in [5.74, 6) is -0.843. The lowest BCUT2D eigenvalue weighted by Gasteiger charge is -2.49. The van der Waals surface area contributed by atoms with Crippen LogP contribution in [0.15, 0.2) is 0 Å². The molecule has 2 N–H and O–H groups in total. The normalized spacial score (nSPS) is 23.4. The van der Waals surface area contributed by atoms with E-state index in [4.69, 9.17) is 0 Å². The fraction of sp³-hybridized carbons (Fsp3) is 0.929. The average Bonchev–Trinajstić information content (AvgIpc) is 2.25. The molecule has 3 nitrogen and oxygen atoms in total. The summed E-state index contributed by atoms with van der Waals surface area (Å²) >= 11 is 0. The van der Waals surface area contributed by atoms with Gasteiger partial charge < -0.3 is 10.2 Å². The summed E-state index contributed by atoms with van der Waals surface area (Å²) < 4.78 is 0. The standard InChI is InChI=1S/C14H26O3/c1-5-13(6-2,11(15)16)14(17)9-7-12(3,4)8-10-14/h17H,5-10H2,1-4H3,(H,15,16). The summed E-state index contributed by atoms with van der Waals surface area (Å²) in [6.07, 6.45) is 4.00. The zero-order chi connectivity index (χ0) is 13.3. The molecule has 0 aromatic carbocycles. The summed E-state index contributed by atoms with van der Waals surface area (Å²) in [5, 5.41) is 20.3. The second-order valence-corrected chi connectivity index (χ2v) is 6.29. The molecular formula is C14H26O3. The number of hydrogen-bond acceptors (Lipinski definition) is 2. The van der Waals surface area contributed by atoms with Gasteiger partial charge in [0.1, 0.15) is 0 Å². The van der Waals surface area contributed by atoms with E-state index >= 15 is 0 Å². The Labute approximate surface area is 104 Å². The third-order valence-corrected chi connectivity index (χ3v) is 4.94. The van der Waals surface area contributed by atoms with Crippen LogP contribution in [0.5, 0.6) is 0 Å². The van der Waals surface area contributed by atoms with Crippen LogP contribution < -0.4 is 0 Å². The van der Waals surface area contributed by atoms with Crippen molar-refractivity contribution in [3.8, 4) is 0 Å². The van der Waals surface area contributed by atoms with E-state index in [2.05, 4.69) is 13.8 Å². The zero-order valence-electron chi connectivity index (χ0n) is 11.5. The van der Waals surface area contributed by atoms with Crippen molar-refractivity contribution in [3.63, 3.8) is 0 Å². The van der Waals surface area contributed by atoms with E-state index < -0.39 is 17.0 Å². The zero-order valence-corrected chi connectivity index (χ0v) is 11.5. The van der Waals surface area contributed by atoms with Gasteiger partial charge in [-0.1, -0.05) is 27.7 Å². The Morgan fingerprint density at radius 1 is 1.12 bits per heavy atom. The van der Waals surface area contributed by atoms with Crippen LogP contribution in [0, 0.1) is 10.8 Å². The summed E-state index contributed by atoms with van der Waals surface area (Å²) in [5.41, 5.74) is -1.76. The molecule has 0 saturated heterocycles. The Kier molecular flexibility index (Phi) is 3.92. The highest BCUT2D eigenvalue weighted by atomic mass is 16.4. The smallest absolute Gasteiger partial charge is 0.312 e. The highest BCUT2D eigenvalue weighted by Gasteiger charge is 2.55. The lowest BCUT2D eigenvalue weighted by molar-refractivity contribution is -0.180. The Bertz CT molecular complexity index is 280. The van der Waals surface area contributed by atoms with Crippen LogP contribution in [-0.4, -0.2) is 21.8 Å².